The highest BCUT2D eigenvalue weighted by Crippen LogP contribution is 2.27. The number of likely N-dealkylation sites (N-methyl/N-ethyl adjacent to an activating group) is 1. The lowest BCUT2D eigenvalue weighted by Gasteiger charge is -2.33. The molecule has 0 saturated carbocycles. The van der Waals surface area contributed by atoms with Gasteiger partial charge in [-0.15, -0.1) is 5.10 Å². The van der Waals surface area contributed by atoms with Crippen LogP contribution in [0.25, 0.3) is 11.0 Å². The number of benzene rings is 1. The highest BCUT2D eigenvalue weighted by Gasteiger charge is 2.28. The zero-order chi connectivity index (χ0) is 24.5. The van der Waals surface area contributed by atoms with Crippen molar-refractivity contribution in [2.24, 2.45) is 7.05 Å². The Morgan fingerprint density at radius 2 is 1.79 bits per heavy atom. The number of fused-ring (bicyclic) bond motifs is 1. The van der Waals surface area contributed by atoms with Gasteiger partial charge >= 0.3 is 0 Å². The predicted molar refractivity (Wildman–Crippen MR) is 129 cm³/mol. The lowest BCUT2D eigenvalue weighted by Crippen LogP contribution is -2.48. The van der Waals surface area contributed by atoms with Crippen molar-refractivity contribution >= 4 is 32.7 Å². The molecular weight excluding hydrogens is 456 g/mol. The van der Waals surface area contributed by atoms with Crippen molar-refractivity contribution < 1.29 is 17.9 Å². The first-order valence-corrected chi connectivity index (χ1v) is 12.7. The topological polar surface area (TPSA) is 110 Å². The second-order valence-corrected chi connectivity index (χ2v) is 10.3. The number of rotatable bonds is 7. The van der Waals surface area contributed by atoms with Crippen LogP contribution in [-0.4, -0.2) is 77.6 Å². The minimum atomic E-state index is -3.56. The summed E-state index contributed by atoms with van der Waals surface area (Å²) in [7, 11) is -1.78. The maximum atomic E-state index is 12.9. The van der Waals surface area contributed by atoms with Gasteiger partial charge in [-0.25, -0.2) is 18.1 Å². The summed E-state index contributed by atoms with van der Waals surface area (Å²) in [4.78, 5) is 19.4. The Morgan fingerprint density at radius 1 is 1.12 bits per heavy atom. The molecule has 1 amide bonds. The van der Waals surface area contributed by atoms with Crippen molar-refractivity contribution in [3.8, 4) is 5.88 Å². The first-order chi connectivity index (χ1) is 16.2. The van der Waals surface area contributed by atoms with Gasteiger partial charge in [0.1, 0.15) is 0 Å². The van der Waals surface area contributed by atoms with Crippen LogP contribution >= 0.6 is 0 Å². The molecule has 1 saturated heterocycles. The van der Waals surface area contributed by atoms with Gasteiger partial charge in [0.05, 0.1) is 10.3 Å². The van der Waals surface area contributed by atoms with Crippen LogP contribution in [0.3, 0.4) is 0 Å². The lowest BCUT2D eigenvalue weighted by atomic mass is 10.2. The fourth-order valence-corrected chi connectivity index (χ4v) is 5.55. The molecule has 0 atom stereocenters. The number of amides is 1. The molecule has 0 unspecified atom stereocenters. The van der Waals surface area contributed by atoms with Gasteiger partial charge in [0, 0.05) is 44.6 Å². The number of sulfonamides is 1. The number of carbonyl (C=O) groups excluding carboxylic acids is 1. The van der Waals surface area contributed by atoms with Crippen LogP contribution in [0.5, 0.6) is 5.88 Å². The Kier molecular flexibility index (Phi) is 6.87. The molecule has 1 N–H and O–H groups in total. The molecule has 0 spiro atoms. The third-order valence-corrected chi connectivity index (χ3v) is 7.89. The van der Waals surface area contributed by atoms with E-state index in [2.05, 4.69) is 27.2 Å². The highest BCUT2D eigenvalue weighted by atomic mass is 32.2. The van der Waals surface area contributed by atoms with Crippen molar-refractivity contribution in [3.63, 3.8) is 0 Å². The molecule has 1 fully saturated rings. The second-order valence-electron chi connectivity index (χ2n) is 8.41. The molecule has 3 aromatic rings. The van der Waals surface area contributed by atoms with E-state index >= 15 is 0 Å². The van der Waals surface area contributed by atoms with Gasteiger partial charge in [-0.1, -0.05) is 6.92 Å². The first-order valence-electron chi connectivity index (χ1n) is 11.2. The molecule has 4 rings (SSSR count). The van der Waals surface area contributed by atoms with Crippen LogP contribution in [0, 0.1) is 13.8 Å². The van der Waals surface area contributed by atoms with Crippen LogP contribution < -0.4 is 10.1 Å². The quantitative estimate of drug-likeness (QED) is 0.543. The Bertz CT molecular complexity index is 1300. The molecule has 1 aliphatic heterocycles. The van der Waals surface area contributed by atoms with E-state index in [0.717, 1.165) is 36.3 Å². The summed E-state index contributed by atoms with van der Waals surface area (Å²) >= 11 is 0. The molecule has 182 valence electrons. The van der Waals surface area contributed by atoms with E-state index in [-0.39, 0.29) is 17.4 Å². The van der Waals surface area contributed by atoms with Gasteiger partial charge in [-0.2, -0.15) is 4.31 Å². The number of carbonyl (C=O) groups is 1. The molecule has 34 heavy (non-hydrogen) atoms. The summed E-state index contributed by atoms with van der Waals surface area (Å²) < 4.78 is 34.7. The molecule has 2 aromatic heterocycles. The highest BCUT2D eigenvalue weighted by molar-refractivity contribution is 7.89. The van der Waals surface area contributed by atoms with E-state index in [0.29, 0.717) is 30.3 Å². The summed E-state index contributed by atoms with van der Waals surface area (Å²) in [5, 5.41) is 7.85. The Labute approximate surface area is 199 Å². The zero-order valence-corrected chi connectivity index (χ0v) is 20.7. The van der Waals surface area contributed by atoms with E-state index in [1.165, 1.54) is 16.4 Å². The largest absolute Gasteiger partial charge is 0.466 e. The molecule has 1 aromatic carbocycles. The van der Waals surface area contributed by atoms with Gasteiger partial charge in [0.15, 0.2) is 12.3 Å². The Morgan fingerprint density at radius 3 is 2.44 bits per heavy atom. The average molecular weight is 487 g/mol. The van der Waals surface area contributed by atoms with Gasteiger partial charge in [-0.3, -0.25) is 4.79 Å². The van der Waals surface area contributed by atoms with E-state index in [9.17, 15) is 13.2 Å². The van der Waals surface area contributed by atoms with Crippen molar-refractivity contribution in [1.82, 2.24) is 24.0 Å². The van der Waals surface area contributed by atoms with Crippen LogP contribution in [0.15, 0.2) is 35.2 Å². The standard InChI is InChI=1S/C23H30N6O4S/c1-5-28-10-12-29(13-11-28)34(31,32)19-8-6-18(7-9-19)25-20(30)15-33-23-21-16(2)14-17(3)24-22(21)27(4)26-23/h6-9,14H,5,10-13,15H2,1-4H3,(H,25,30). The number of nitrogens with zero attached hydrogens (tertiary/aromatic N) is 5. The average Bonchev–Trinajstić information content (AvgIpc) is 3.13. The molecule has 3 heterocycles. The summed E-state index contributed by atoms with van der Waals surface area (Å²) in [6.45, 7) is 9.02. The van der Waals surface area contributed by atoms with E-state index in [1.807, 2.05) is 19.9 Å². The van der Waals surface area contributed by atoms with Crippen molar-refractivity contribution in [2.45, 2.75) is 25.7 Å². The van der Waals surface area contributed by atoms with Crippen LogP contribution in [0.1, 0.15) is 18.2 Å². The fraction of sp³-hybridized carbons (Fsp3) is 0.435. The smallest absolute Gasteiger partial charge is 0.262 e. The number of aromatic nitrogens is 3. The van der Waals surface area contributed by atoms with Gasteiger partial charge in [0.2, 0.25) is 15.9 Å². The number of piperazine rings is 1. The SMILES string of the molecule is CCN1CCN(S(=O)(=O)c2ccc(NC(=O)COc3nn(C)c4nc(C)cc(C)c34)cc2)CC1. The van der Waals surface area contributed by atoms with Crippen LogP contribution in [0.4, 0.5) is 5.69 Å². The number of pyridine rings is 1. The predicted octanol–water partition coefficient (Wildman–Crippen LogP) is 1.93. The summed E-state index contributed by atoms with van der Waals surface area (Å²) in [6.07, 6.45) is 0. The second kappa shape index (κ2) is 9.69. The summed E-state index contributed by atoms with van der Waals surface area (Å²) in [6, 6.07) is 8.14. The van der Waals surface area contributed by atoms with Crippen molar-refractivity contribution in [2.75, 3.05) is 44.6 Å². The molecular formula is C23H30N6O4S. The lowest BCUT2D eigenvalue weighted by molar-refractivity contribution is -0.118. The molecule has 0 bridgehead atoms. The number of anilines is 1. The van der Waals surface area contributed by atoms with Crippen molar-refractivity contribution in [3.05, 3.63) is 41.6 Å². The number of ether oxygens (including phenoxy) is 1. The monoisotopic (exact) mass is 486 g/mol. The normalized spacial score (nSPS) is 15.5. The molecule has 0 aliphatic carbocycles. The van der Waals surface area contributed by atoms with Gasteiger partial charge < -0.3 is 15.0 Å². The van der Waals surface area contributed by atoms with E-state index in [1.54, 1.807) is 23.9 Å². The number of aryl methyl sites for hydroxylation is 3. The molecule has 0 radical (unpaired) electrons. The van der Waals surface area contributed by atoms with E-state index < -0.39 is 10.0 Å². The zero-order valence-electron chi connectivity index (χ0n) is 19.9. The summed E-state index contributed by atoms with van der Waals surface area (Å²) in [5.41, 5.74) is 3.04. The minimum absolute atomic E-state index is 0.213. The van der Waals surface area contributed by atoms with Gasteiger partial charge in [-0.05, 0) is 56.3 Å². The van der Waals surface area contributed by atoms with Crippen molar-refractivity contribution in [1.29, 1.82) is 0 Å². The molecule has 11 heteroatoms. The van der Waals surface area contributed by atoms with Gasteiger partial charge in [0.25, 0.3) is 5.91 Å². The number of nitrogens with one attached hydrogen (secondary N) is 1. The minimum Gasteiger partial charge on any atom is -0.466 e. The Hall–Kier alpha value is -3.02. The molecule has 10 nitrogen and oxygen atoms in total. The maximum absolute atomic E-state index is 12.9. The van der Waals surface area contributed by atoms with Crippen LogP contribution in [-0.2, 0) is 21.9 Å². The third kappa shape index (κ3) is 4.91. The Balaban J connectivity index is 1.38. The number of hydrogen-bond donors (Lipinski definition) is 1. The first kappa shape index (κ1) is 24.1. The number of hydrogen-bond acceptors (Lipinski definition) is 7. The maximum Gasteiger partial charge on any atom is 0.262 e. The van der Waals surface area contributed by atoms with Crippen LogP contribution in [0.2, 0.25) is 0 Å². The summed E-state index contributed by atoms with van der Waals surface area (Å²) in [5.74, 6) is -0.0231. The third-order valence-electron chi connectivity index (χ3n) is 5.98. The van der Waals surface area contributed by atoms with E-state index in [4.69, 9.17) is 4.74 Å². The molecule has 1 aliphatic rings. The fourth-order valence-electron chi connectivity index (χ4n) is 4.13.